The van der Waals surface area contributed by atoms with Crippen molar-refractivity contribution in [3.63, 3.8) is 0 Å². The van der Waals surface area contributed by atoms with Gasteiger partial charge in [-0.3, -0.25) is 25.0 Å². The van der Waals surface area contributed by atoms with Crippen LogP contribution in [0, 0.1) is 27.2 Å². The summed E-state index contributed by atoms with van der Waals surface area (Å²) < 4.78 is 0. The van der Waals surface area contributed by atoms with Crippen LogP contribution in [0.2, 0.25) is 0 Å². The highest BCUT2D eigenvalue weighted by molar-refractivity contribution is 5.84. The molecule has 0 aliphatic heterocycles. The maximum atomic E-state index is 12.6. The van der Waals surface area contributed by atoms with E-state index >= 15 is 0 Å². The second-order valence-electron chi connectivity index (χ2n) is 5.39. The number of fused-ring (bicyclic) bond motifs is 1. The number of azo groups is 1. The maximum absolute atomic E-state index is 12.6. The van der Waals surface area contributed by atoms with Crippen LogP contribution in [0.25, 0.3) is 10.9 Å². The zero-order valence-electron chi connectivity index (χ0n) is 13.4. The van der Waals surface area contributed by atoms with Crippen LogP contribution in [0.5, 0.6) is 0 Å². The summed E-state index contributed by atoms with van der Waals surface area (Å²) in [6.07, 6.45) is 0. The van der Waals surface area contributed by atoms with Crippen molar-refractivity contribution in [2.45, 2.75) is 6.92 Å². The van der Waals surface area contributed by atoms with E-state index in [1.165, 1.54) is 42.5 Å². The summed E-state index contributed by atoms with van der Waals surface area (Å²) in [6.45, 7) is 1.62. The minimum atomic E-state index is -0.594. The van der Waals surface area contributed by atoms with Gasteiger partial charge in [-0.15, -0.1) is 5.11 Å². The molecule has 0 aliphatic rings. The van der Waals surface area contributed by atoms with Gasteiger partial charge in [-0.05, 0) is 19.1 Å². The van der Waals surface area contributed by atoms with Crippen LogP contribution in [-0.4, -0.2) is 14.8 Å². The number of benzene rings is 2. The summed E-state index contributed by atoms with van der Waals surface area (Å²) >= 11 is 0. The number of aromatic amines is 1. The van der Waals surface area contributed by atoms with Crippen LogP contribution in [0.15, 0.2) is 57.5 Å². The van der Waals surface area contributed by atoms with Crippen molar-refractivity contribution < 1.29 is 9.85 Å². The topological polar surface area (TPSA) is 144 Å². The molecule has 0 radical (unpaired) electrons. The summed E-state index contributed by atoms with van der Waals surface area (Å²) in [6, 6.07) is 9.40. The van der Waals surface area contributed by atoms with Crippen LogP contribution in [0.3, 0.4) is 0 Å². The van der Waals surface area contributed by atoms with E-state index in [0.29, 0.717) is 11.2 Å². The van der Waals surface area contributed by atoms with Crippen LogP contribution in [-0.2, 0) is 0 Å². The molecule has 10 heteroatoms. The Bertz CT molecular complexity index is 1140. The number of nitrogens with one attached hydrogen (secondary N) is 1. The van der Waals surface area contributed by atoms with Gasteiger partial charge in [-0.2, -0.15) is 5.11 Å². The molecule has 0 atom stereocenters. The van der Waals surface area contributed by atoms with Crippen molar-refractivity contribution >= 4 is 33.7 Å². The Morgan fingerprint density at radius 1 is 0.962 bits per heavy atom. The number of nitro benzene ring substituents is 2. The van der Waals surface area contributed by atoms with Gasteiger partial charge in [-0.1, -0.05) is 6.07 Å². The van der Waals surface area contributed by atoms with Gasteiger partial charge < -0.3 is 4.98 Å². The first-order valence-corrected chi connectivity index (χ1v) is 7.34. The smallest absolute Gasteiger partial charge is 0.271 e. The second kappa shape index (κ2) is 6.51. The van der Waals surface area contributed by atoms with E-state index in [1.54, 1.807) is 6.92 Å². The first-order chi connectivity index (χ1) is 12.4. The molecule has 3 aromatic rings. The van der Waals surface area contributed by atoms with Crippen LogP contribution < -0.4 is 5.43 Å². The Morgan fingerprint density at radius 2 is 1.65 bits per heavy atom. The van der Waals surface area contributed by atoms with Crippen molar-refractivity contribution in [1.29, 1.82) is 0 Å². The number of nitrogens with zero attached hydrogens (tertiary/aromatic N) is 4. The summed E-state index contributed by atoms with van der Waals surface area (Å²) in [5.74, 6) is 0. The van der Waals surface area contributed by atoms with E-state index in [4.69, 9.17) is 0 Å². The fourth-order valence-electron chi connectivity index (χ4n) is 2.40. The highest BCUT2D eigenvalue weighted by Gasteiger charge is 2.13. The van der Waals surface area contributed by atoms with Crippen molar-refractivity contribution in [3.8, 4) is 0 Å². The van der Waals surface area contributed by atoms with E-state index < -0.39 is 15.3 Å². The second-order valence-corrected chi connectivity index (χ2v) is 5.39. The first kappa shape index (κ1) is 16.9. The van der Waals surface area contributed by atoms with Gasteiger partial charge in [0.15, 0.2) is 5.69 Å². The number of aromatic nitrogens is 1. The first-order valence-electron chi connectivity index (χ1n) is 7.34. The summed E-state index contributed by atoms with van der Waals surface area (Å²) in [4.78, 5) is 36.1. The summed E-state index contributed by atoms with van der Waals surface area (Å²) in [5.41, 5.74) is 0.156. The monoisotopic (exact) mass is 353 g/mol. The van der Waals surface area contributed by atoms with Gasteiger partial charge in [0.2, 0.25) is 5.43 Å². The Kier molecular flexibility index (Phi) is 4.23. The number of hydrogen-bond acceptors (Lipinski definition) is 7. The van der Waals surface area contributed by atoms with E-state index in [2.05, 4.69) is 15.2 Å². The molecule has 1 aromatic heterocycles. The molecule has 0 saturated carbocycles. The molecule has 10 nitrogen and oxygen atoms in total. The number of rotatable bonds is 4. The Hall–Kier alpha value is -3.95. The average molecular weight is 353 g/mol. The molecule has 0 aliphatic carbocycles. The lowest BCUT2D eigenvalue weighted by molar-refractivity contribution is -0.384. The molecule has 0 saturated heterocycles. The zero-order chi connectivity index (χ0) is 18.8. The fraction of sp³-hybridized carbons (Fsp3) is 0.0625. The minimum absolute atomic E-state index is 0.0236. The van der Waals surface area contributed by atoms with Crippen molar-refractivity contribution in [2.75, 3.05) is 0 Å². The molecule has 0 bridgehead atoms. The average Bonchev–Trinajstić information content (AvgIpc) is 2.61. The van der Waals surface area contributed by atoms with E-state index in [-0.39, 0.29) is 28.1 Å². The molecule has 0 spiro atoms. The summed E-state index contributed by atoms with van der Waals surface area (Å²) in [7, 11) is 0. The molecule has 0 unspecified atom stereocenters. The quantitative estimate of drug-likeness (QED) is 0.427. The predicted molar refractivity (Wildman–Crippen MR) is 93.2 cm³/mol. The van der Waals surface area contributed by atoms with Crippen molar-refractivity contribution in [3.05, 3.63) is 78.6 Å². The van der Waals surface area contributed by atoms with Crippen LogP contribution in [0.1, 0.15) is 5.69 Å². The van der Waals surface area contributed by atoms with Gasteiger partial charge in [0.25, 0.3) is 11.4 Å². The number of aryl methyl sites for hydroxylation is 1. The van der Waals surface area contributed by atoms with Crippen molar-refractivity contribution in [1.82, 2.24) is 4.98 Å². The molecular weight excluding hydrogens is 342 g/mol. The predicted octanol–water partition coefficient (Wildman–Crippen LogP) is 4.07. The van der Waals surface area contributed by atoms with Crippen LogP contribution in [0.4, 0.5) is 22.7 Å². The Balaban J connectivity index is 2.10. The van der Waals surface area contributed by atoms with Gasteiger partial charge in [0.05, 0.1) is 26.4 Å². The van der Waals surface area contributed by atoms with Gasteiger partial charge in [-0.25, -0.2) is 0 Å². The lowest BCUT2D eigenvalue weighted by Gasteiger charge is -2.03. The largest absolute Gasteiger partial charge is 0.357 e. The standard InChI is InChI=1S/C16H11N5O5/c1-9-15(19-18-10-3-2-4-11(7-10)20(23)24)16(22)13-8-12(21(25)26)5-6-14(13)17-9/h2-8H,1H3,(H,17,22). The van der Waals surface area contributed by atoms with E-state index in [9.17, 15) is 25.0 Å². The zero-order valence-corrected chi connectivity index (χ0v) is 13.4. The Labute approximate surface area is 145 Å². The van der Waals surface area contributed by atoms with Crippen molar-refractivity contribution in [2.24, 2.45) is 10.2 Å². The fourth-order valence-corrected chi connectivity index (χ4v) is 2.40. The molecule has 1 heterocycles. The number of hydrogen-bond donors (Lipinski definition) is 1. The van der Waals surface area contributed by atoms with Gasteiger partial charge in [0, 0.05) is 30.0 Å². The normalized spacial score (nSPS) is 11.1. The van der Waals surface area contributed by atoms with E-state index in [1.807, 2.05) is 0 Å². The summed E-state index contributed by atoms with van der Waals surface area (Å²) in [5, 5.41) is 29.6. The minimum Gasteiger partial charge on any atom is -0.357 e. The maximum Gasteiger partial charge on any atom is 0.271 e. The molecule has 0 fully saturated rings. The third kappa shape index (κ3) is 3.15. The highest BCUT2D eigenvalue weighted by Crippen LogP contribution is 2.24. The Morgan fingerprint density at radius 3 is 2.35 bits per heavy atom. The lowest BCUT2D eigenvalue weighted by Crippen LogP contribution is -2.05. The highest BCUT2D eigenvalue weighted by atomic mass is 16.6. The van der Waals surface area contributed by atoms with Gasteiger partial charge in [0.1, 0.15) is 0 Å². The molecule has 0 amide bonds. The molecular formula is C16H11N5O5. The molecule has 1 N–H and O–H groups in total. The van der Waals surface area contributed by atoms with Gasteiger partial charge >= 0.3 is 0 Å². The molecule has 2 aromatic carbocycles. The number of nitro groups is 2. The SMILES string of the molecule is Cc1[nH]c2ccc([N+](=O)[O-])cc2c(=O)c1N=Nc1cccc([N+](=O)[O-])c1. The number of pyridine rings is 1. The molecule has 26 heavy (non-hydrogen) atoms. The number of non-ortho nitro benzene ring substituents is 2. The molecule has 130 valence electrons. The molecule has 3 rings (SSSR count). The van der Waals surface area contributed by atoms with Crippen LogP contribution >= 0.6 is 0 Å². The third-order valence-electron chi connectivity index (χ3n) is 3.66. The van der Waals surface area contributed by atoms with E-state index in [0.717, 1.165) is 0 Å². The lowest BCUT2D eigenvalue weighted by atomic mass is 10.1. The number of H-pyrrole nitrogens is 1. The third-order valence-corrected chi connectivity index (χ3v) is 3.66.